The highest BCUT2D eigenvalue weighted by Gasteiger charge is 2.50. The van der Waals surface area contributed by atoms with Crippen molar-refractivity contribution in [3.63, 3.8) is 0 Å². The lowest BCUT2D eigenvalue weighted by Gasteiger charge is -2.37. The van der Waals surface area contributed by atoms with E-state index in [1.807, 2.05) is 16.9 Å². The molecule has 0 atom stereocenters. The average Bonchev–Trinajstić information content (AvgIpc) is 3.61. The molecule has 11 nitrogen and oxygen atoms in total. The number of nitrogens with one attached hydrogen (secondary N) is 2. The number of benzene rings is 1. The molecule has 2 aromatic rings. The van der Waals surface area contributed by atoms with Crippen LogP contribution >= 0.6 is 0 Å². The highest BCUT2D eigenvalue weighted by Crippen LogP contribution is 2.55. The van der Waals surface area contributed by atoms with E-state index in [0.717, 1.165) is 55.5 Å². The van der Waals surface area contributed by atoms with Gasteiger partial charge in [-0.2, -0.15) is 13.1 Å². The summed E-state index contributed by atoms with van der Waals surface area (Å²) >= 11 is 0. The molecule has 36 heavy (non-hydrogen) atoms. The van der Waals surface area contributed by atoms with Gasteiger partial charge < -0.3 is 19.1 Å². The van der Waals surface area contributed by atoms with Crippen molar-refractivity contribution in [2.75, 3.05) is 38.8 Å². The molecule has 2 aliphatic rings. The predicted molar refractivity (Wildman–Crippen MR) is 136 cm³/mol. The Morgan fingerprint density at radius 3 is 2.33 bits per heavy atom. The van der Waals surface area contributed by atoms with Crippen molar-refractivity contribution in [3.8, 4) is 11.5 Å². The number of nitrogens with zero attached hydrogens (tertiary/aromatic N) is 3. The zero-order valence-electron chi connectivity index (χ0n) is 21.5. The van der Waals surface area contributed by atoms with Crippen molar-refractivity contribution in [3.05, 3.63) is 18.5 Å². The summed E-state index contributed by atoms with van der Waals surface area (Å²) in [4.78, 5) is 23.1. The van der Waals surface area contributed by atoms with Gasteiger partial charge in [-0.25, -0.2) is 19.5 Å². The molecule has 0 spiro atoms. The fourth-order valence-electron chi connectivity index (χ4n) is 4.90. The van der Waals surface area contributed by atoms with Crippen molar-refractivity contribution < 1.29 is 27.4 Å². The Balaban J connectivity index is 1.38. The Kier molecular flexibility index (Phi) is 7.20. The SMILES string of the molecule is COc1cc2ncnc(N3CCC(C4(CNS(=O)(=O)NC(=O)OC(C)(C)C)CC4)CC3)c2cc1OC. The van der Waals surface area contributed by atoms with Gasteiger partial charge in [0.25, 0.3) is 0 Å². The maximum Gasteiger partial charge on any atom is 0.422 e. The van der Waals surface area contributed by atoms with E-state index < -0.39 is 21.9 Å². The first-order chi connectivity index (χ1) is 17.0. The number of fused-ring (bicyclic) bond motifs is 1. The second-order valence-electron chi connectivity index (χ2n) is 10.5. The molecule has 4 rings (SSSR count). The third-order valence-electron chi connectivity index (χ3n) is 6.90. The summed E-state index contributed by atoms with van der Waals surface area (Å²) in [6.45, 7) is 6.93. The highest BCUT2D eigenvalue weighted by molar-refractivity contribution is 7.88. The first kappa shape index (κ1) is 26.2. The summed E-state index contributed by atoms with van der Waals surface area (Å²) in [5, 5.41) is 0.899. The van der Waals surface area contributed by atoms with E-state index in [9.17, 15) is 13.2 Å². The van der Waals surface area contributed by atoms with E-state index in [2.05, 4.69) is 19.6 Å². The van der Waals surface area contributed by atoms with Crippen LogP contribution in [-0.4, -0.2) is 63.9 Å². The molecule has 0 bridgehead atoms. The summed E-state index contributed by atoms with van der Waals surface area (Å²) in [6.07, 6.45) is 4.32. The second kappa shape index (κ2) is 9.89. The van der Waals surface area contributed by atoms with E-state index >= 15 is 0 Å². The number of rotatable bonds is 8. The Bertz CT molecular complexity index is 1220. The largest absolute Gasteiger partial charge is 0.493 e. The highest BCUT2D eigenvalue weighted by atomic mass is 32.2. The Labute approximate surface area is 212 Å². The van der Waals surface area contributed by atoms with Crippen molar-refractivity contribution in [1.29, 1.82) is 0 Å². The van der Waals surface area contributed by atoms with Crippen LogP contribution in [0.4, 0.5) is 10.6 Å². The number of methoxy groups -OCH3 is 2. The minimum absolute atomic E-state index is 0.0842. The smallest absolute Gasteiger partial charge is 0.422 e. The molecular weight excluding hydrogens is 486 g/mol. The molecule has 1 aliphatic heterocycles. The molecule has 12 heteroatoms. The van der Waals surface area contributed by atoms with Crippen LogP contribution in [0, 0.1) is 11.3 Å². The van der Waals surface area contributed by atoms with Gasteiger partial charge in [0, 0.05) is 31.1 Å². The molecule has 1 aromatic carbocycles. The van der Waals surface area contributed by atoms with Crippen LogP contribution in [-0.2, 0) is 14.9 Å². The van der Waals surface area contributed by atoms with Crippen molar-refractivity contribution in [2.24, 2.45) is 11.3 Å². The van der Waals surface area contributed by atoms with Gasteiger partial charge in [0.15, 0.2) is 11.5 Å². The minimum Gasteiger partial charge on any atom is -0.493 e. The second-order valence-corrected chi connectivity index (χ2v) is 12.0. The molecule has 0 unspecified atom stereocenters. The van der Waals surface area contributed by atoms with Crippen LogP contribution in [0.3, 0.4) is 0 Å². The van der Waals surface area contributed by atoms with E-state index in [0.29, 0.717) is 24.0 Å². The molecule has 1 aromatic heterocycles. The topological polar surface area (TPSA) is 132 Å². The van der Waals surface area contributed by atoms with Gasteiger partial charge in [0.05, 0.1) is 19.7 Å². The molecule has 1 saturated heterocycles. The Morgan fingerprint density at radius 2 is 1.75 bits per heavy atom. The van der Waals surface area contributed by atoms with Gasteiger partial charge in [-0.1, -0.05) is 0 Å². The maximum atomic E-state index is 12.4. The summed E-state index contributed by atoms with van der Waals surface area (Å²) < 4.78 is 45.2. The monoisotopic (exact) mass is 521 g/mol. The first-order valence-electron chi connectivity index (χ1n) is 12.1. The van der Waals surface area contributed by atoms with Crippen molar-refractivity contribution in [1.82, 2.24) is 19.4 Å². The lowest BCUT2D eigenvalue weighted by molar-refractivity contribution is 0.0569. The molecule has 2 fully saturated rings. The lowest BCUT2D eigenvalue weighted by Crippen LogP contribution is -2.46. The summed E-state index contributed by atoms with van der Waals surface area (Å²) in [5.74, 6) is 2.47. The minimum atomic E-state index is -4.00. The van der Waals surface area contributed by atoms with Crippen LogP contribution in [0.5, 0.6) is 11.5 Å². The van der Waals surface area contributed by atoms with Crippen LogP contribution in [0.25, 0.3) is 10.9 Å². The standard InChI is InChI=1S/C24H35N5O6S/c1-23(2,3)35-22(30)28-36(31,32)27-14-24(8-9-24)16-6-10-29(11-7-16)21-17-12-19(33-4)20(34-5)13-18(17)25-15-26-21/h12-13,15-16,27H,6-11,14H2,1-5H3,(H,28,30). The number of aromatic nitrogens is 2. The van der Waals surface area contributed by atoms with Gasteiger partial charge in [0.2, 0.25) is 0 Å². The van der Waals surface area contributed by atoms with Gasteiger partial charge in [-0.05, 0) is 63.9 Å². The molecule has 1 saturated carbocycles. The number of amides is 1. The average molecular weight is 522 g/mol. The van der Waals surface area contributed by atoms with Gasteiger partial charge in [0.1, 0.15) is 17.7 Å². The number of carbonyl (C=O) groups is 1. The molecule has 2 heterocycles. The Hall–Kier alpha value is -2.86. The van der Waals surface area contributed by atoms with Crippen LogP contribution in [0.1, 0.15) is 46.5 Å². The van der Waals surface area contributed by atoms with Gasteiger partial charge in [-0.3, -0.25) is 0 Å². The number of hydrogen-bond acceptors (Lipinski definition) is 9. The number of hydrogen-bond donors (Lipinski definition) is 2. The molecule has 2 N–H and O–H groups in total. The molecular formula is C24H35N5O6S. The molecule has 198 valence electrons. The van der Waals surface area contributed by atoms with E-state index in [1.54, 1.807) is 41.3 Å². The summed E-state index contributed by atoms with van der Waals surface area (Å²) in [7, 11) is -0.802. The number of carbonyl (C=O) groups excluding carboxylic acids is 1. The Morgan fingerprint density at radius 1 is 1.11 bits per heavy atom. The molecule has 1 aliphatic carbocycles. The fraction of sp³-hybridized carbons (Fsp3) is 0.625. The maximum absolute atomic E-state index is 12.4. The van der Waals surface area contributed by atoms with E-state index in [1.165, 1.54) is 0 Å². The summed E-state index contributed by atoms with van der Waals surface area (Å²) in [6, 6.07) is 3.76. The van der Waals surface area contributed by atoms with Crippen molar-refractivity contribution >= 4 is 33.0 Å². The number of anilines is 1. The fourth-order valence-corrected chi connectivity index (χ4v) is 5.71. The van der Waals surface area contributed by atoms with Gasteiger partial charge in [-0.15, -0.1) is 0 Å². The van der Waals surface area contributed by atoms with Crippen LogP contribution < -0.4 is 23.8 Å². The van der Waals surface area contributed by atoms with E-state index in [4.69, 9.17) is 14.2 Å². The number of ether oxygens (including phenoxy) is 3. The lowest BCUT2D eigenvalue weighted by atomic mass is 9.81. The third kappa shape index (κ3) is 5.92. The normalized spacial score (nSPS) is 18.1. The van der Waals surface area contributed by atoms with Crippen LogP contribution in [0.15, 0.2) is 18.5 Å². The first-order valence-corrected chi connectivity index (χ1v) is 13.6. The number of piperidine rings is 1. The van der Waals surface area contributed by atoms with E-state index in [-0.39, 0.29) is 5.41 Å². The van der Waals surface area contributed by atoms with Gasteiger partial charge >= 0.3 is 16.3 Å². The van der Waals surface area contributed by atoms with Crippen molar-refractivity contribution in [2.45, 2.75) is 52.1 Å². The zero-order valence-corrected chi connectivity index (χ0v) is 22.3. The zero-order chi connectivity index (χ0) is 26.1. The summed E-state index contributed by atoms with van der Waals surface area (Å²) in [5.41, 5.74) is -0.0818. The third-order valence-corrected chi connectivity index (χ3v) is 7.86. The molecule has 0 radical (unpaired) electrons. The van der Waals surface area contributed by atoms with Crippen LogP contribution in [0.2, 0.25) is 0 Å². The predicted octanol–water partition coefficient (Wildman–Crippen LogP) is 3.00. The quantitative estimate of drug-likeness (QED) is 0.538. The molecule has 1 amide bonds.